The molecule has 0 saturated heterocycles. The maximum absolute atomic E-state index is 9.64. The lowest BCUT2D eigenvalue weighted by atomic mass is 10.2. The van der Waals surface area contributed by atoms with Gasteiger partial charge in [-0.25, -0.2) is 0 Å². The minimum absolute atomic E-state index is 0.159. The van der Waals surface area contributed by atoms with Gasteiger partial charge >= 0.3 is 0 Å². The van der Waals surface area contributed by atoms with E-state index in [0.29, 0.717) is 27.0 Å². The third-order valence-electron chi connectivity index (χ3n) is 2.73. The maximum Gasteiger partial charge on any atom is 0.258 e. The second-order valence-electron chi connectivity index (χ2n) is 4.21. The molecule has 1 aromatic heterocycles. The number of aromatic nitrogens is 2. The molecule has 0 spiro atoms. The molecule has 2 aromatic rings. The zero-order chi connectivity index (χ0) is 13.8. The van der Waals surface area contributed by atoms with Gasteiger partial charge in [0.25, 0.3) is 5.89 Å². The number of phenolic OH excluding ortho intramolecular Hbond substituents is 1. The van der Waals surface area contributed by atoms with Crippen LogP contribution >= 0.6 is 27.7 Å². The summed E-state index contributed by atoms with van der Waals surface area (Å²) < 4.78 is 5.85. The summed E-state index contributed by atoms with van der Waals surface area (Å²) in [7, 11) is 0. The lowest BCUT2D eigenvalue weighted by molar-refractivity contribution is 0.424. The number of nitrogens with zero attached hydrogens (tertiary/aromatic N) is 2. The van der Waals surface area contributed by atoms with Gasteiger partial charge in [0.05, 0.1) is 10.2 Å². The summed E-state index contributed by atoms with van der Waals surface area (Å²) in [6.45, 7) is 4.34. The molecule has 0 saturated carbocycles. The zero-order valence-electron chi connectivity index (χ0n) is 10.8. The van der Waals surface area contributed by atoms with E-state index in [2.05, 4.69) is 39.9 Å². The summed E-state index contributed by atoms with van der Waals surface area (Å²) in [5, 5.41) is 14.2. The van der Waals surface area contributed by atoms with Crippen molar-refractivity contribution in [1.29, 1.82) is 0 Å². The van der Waals surface area contributed by atoms with Gasteiger partial charge in [-0.05, 0) is 40.5 Å². The second kappa shape index (κ2) is 6.43. The van der Waals surface area contributed by atoms with Crippen molar-refractivity contribution in [2.75, 3.05) is 0 Å². The van der Waals surface area contributed by atoms with Crippen LogP contribution in [-0.4, -0.2) is 20.5 Å². The molecule has 102 valence electrons. The van der Waals surface area contributed by atoms with Gasteiger partial charge in [0, 0.05) is 10.8 Å². The molecular formula is C13H15BrN2O2S. The predicted octanol–water partition coefficient (Wildman–Crippen LogP) is 4.24. The molecule has 4 nitrogen and oxygen atoms in total. The topological polar surface area (TPSA) is 59.2 Å². The molecule has 0 aliphatic rings. The van der Waals surface area contributed by atoms with Crippen LogP contribution in [0.2, 0.25) is 0 Å². The van der Waals surface area contributed by atoms with Crippen molar-refractivity contribution in [3.8, 4) is 17.2 Å². The van der Waals surface area contributed by atoms with Crippen LogP contribution in [0.25, 0.3) is 11.5 Å². The van der Waals surface area contributed by atoms with Crippen molar-refractivity contribution >= 4 is 27.7 Å². The Morgan fingerprint density at radius 3 is 2.95 bits per heavy atom. The van der Waals surface area contributed by atoms with Crippen molar-refractivity contribution in [2.45, 2.75) is 31.3 Å². The Kier molecular flexibility index (Phi) is 4.87. The molecule has 1 N–H and O–H groups in total. The first-order valence-electron chi connectivity index (χ1n) is 6.03. The second-order valence-corrected chi connectivity index (χ2v) is 6.49. The molecular weight excluding hydrogens is 328 g/mol. The van der Waals surface area contributed by atoms with Crippen LogP contribution in [0.5, 0.6) is 5.75 Å². The number of halogens is 1. The Hall–Kier alpha value is -1.01. The standard InChI is InChI=1S/C13H15BrN2O2S/c1-3-8(2)19-7-12-15-13(18-16-12)9-4-5-10(14)11(17)6-9/h4-6,8,17H,3,7H2,1-2H3. The summed E-state index contributed by atoms with van der Waals surface area (Å²) in [5.41, 5.74) is 0.716. The third-order valence-corrected chi connectivity index (χ3v) is 4.73. The van der Waals surface area contributed by atoms with E-state index in [-0.39, 0.29) is 5.75 Å². The molecule has 19 heavy (non-hydrogen) atoms. The summed E-state index contributed by atoms with van der Waals surface area (Å²) in [5.74, 6) is 2.01. The number of benzene rings is 1. The number of hydrogen-bond donors (Lipinski definition) is 1. The van der Waals surface area contributed by atoms with Crippen LogP contribution in [0, 0.1) is 0 Å². The molecule has 1 unspecified atom stereocenters. The first kappa shape index (κ1) is 14.4. The maximum atomic E-state index is 9.64. The lowest BCUT2D eigenvalue weighted by Gasteiger charge is -2.04. The smallest absolute Gasteiger partial charge is 0.258 e. The Balaban J connectivity index is 2.09. The predicted molar refractivity (Wildman–Crippen MR) is 80.1 cm³/mol. The van der Waals surface area contributed by atoms with Crippen molar-refractivity contribution in [3.63, 3.8) is 0 Å². The summed E-state index contributed by atoms with van der Waals surface area (Å²) >= 11 is 5.04. The lowest BCUT2D eigenvalue weighted by Crippen LogP contribution is -1.94. The molecule has 1 atom stereocenters. The zero-order valence-corrected chi connectivity index (χ0v) is 13.2. The summed E-state index contributed by atoms with van der Waals surface area (Å²) in [6.07, 6.45) is 1.12. The van der Waals surface area contributed by atoms with E-state index >= 15 is 0 Å². The van der Waals surface area contributed by atoms with Crippen LogP contribution in [0.3, 0.4) is 0 Å². The first-order chi connectivity index (χ1) is 9.10. The SMILES string of the molecule is CCC(C)SCc1noc(-c2ccc(Br)c(O)c2)n1. The van der Waals surface area contributed by atoms with Crippen LogP contribution in [0.4, 0.5) is 0 Å². The first-order valence-corrected chi connectivity index (χ1v) is 7.87. The molecule has 0 radical (unpaired) electrons. The van der Waals surface area contributed by atoms with Gasteiger partial charge in [-0.2, -0.15) is 16.7 Å². The highest BCUT2D eigenvalue weighted by molar-refractivity contribution is 9.10. The third kappa shape index (κ3) is 3.73. The molecule has 0 bridgehead atoms. The fourth-order valence-electron chi connectivity index (χ4n) is 1.41. The highest BCUT2D eigenvalue weighted by Gasteiger charge is 2.11. The van der Waals surface area contributed by atoms with E-state index in [4.69, 9.17) is 4.52 Å². The molecule has 0 fully saturated rings. The highest BCUT2D eigenvalue weighted by atomic mass is 79.9. The van der Waals surface area contributed by atoms with Crippen LogP contribution in [-0.2, 0) is 5.75 Å². The van der Waals surface area contributed by atoms with Crippen LogP contribution in [0.15, 0.2) is 27.2 Å². The van der Waals surface area contributed by atoms with Gasteiger partial charge in [0.15, 0.2) is 5.82 Å². The molecule has 6 heteroatoms. The number of rotatable bonds is 5. The molecule has 0 aliphatic heterocycles. The number of thioether (sulfide) groups is 1. The van der Waals surface area contributed by atoms with Crippen molar-refractivity contribution in [1.82, 2.24) is 10.1 Å². The molecule has 2 rings (SSSR count). The van der Waals surface area contributed by atoms with Gasteiger partial charge in [-0.3, -0.25) is 0 Å². The minimum atomic E-state index is 0.159. The van der Waals surface area contributed by atoms with E-state index in [9.17, 15) is 5.11 Å². The fourth-order valence-corrected chi connectivity index (χ4v) is 2.44. The number of phenols is 1. The average Bonchev–Trinajstić information content (AvgIpc) is 2.88. The average molecular weight is 343 g/mol. The number of hydrogen-bond acceptors (Lipinski definition) is 5. The number of aromatic hydroxyl groups is 1. The Bertz CT molecular complexity index is 559. The minimum Gasteiger partial charge on any atom is -0.507 e. The summed E-state index contributed by atoms with van der Waals surface area (Å²) in [4.78, 5) is 4.33. The van der Waals surface area contributed by atoms with E-state index in [1.165, 1.54) is 0 Å². The van der Waals surface area contributed by atoms with E-state index < -0.39 is 0 Å². The van der Waals surface area contributed by atoms with Crippen molar-refractivity contribution in [3.05, 3.63) is 28.5 Å². The monoisotopic (exact) mass is 342 g/mol. The molecule has 1 aromatic carbocycles. The largest absolute Gasteiger partial charge is 0.507 e. The van der Waals surface area contributed by atoms with Gasteiger partial charge < -0.3 is 9.63 Å². The van der Waals surface area contributed by atoms with Gasteiger partial charge in [-0.1, -0.05) is 19.0 Å². The van der Waals surface area contributed by atoms with Gasteiger partial charge in [0.1, 0.15) is 5.75 Å². The summed E-state index contributed by atoms with van der Waals surface area (Å²) in [6, 6.07) is 5.18. The Morgan fingerprint density at radius 2 is 2.26 bits per heavy atom. The normalized spacial score (nSPS) is 12.6. The van der Waals surface area contributed by atoms with Crippen molar-refractivity contribution in [2.24, 2.45) is 0 Å². The molecule has 0 aliphatic carbocycles. The highest BCUT2D eigenvalue weighted by Crippen LogP contribution is 2.29. The molecule has 0 amide bonds. The Morgan fingerprint density at radius 1 is 1.47 bits per heavy atom. The van der Waals surface area contributed by atoms with E-state index in [1.54, 1.807) is 23.9 Å². The Labute approximate surface area is 124 Å². The van der Waals surface area contributed by atoms with Crippen molar-refractivity contribution < 1.29 is 9.63 Å². The van der Waals surface area contributed by atoms with Gasteiger partial charge in [0.2, 0.25) is 0 Å². The van der Waals surface area contributed by atoms with Crippen LogP contribution in [0.1, 0.15) is 26.1 Å². The molecule has 1 heterocycles. The fraction of sp³-hybridized carbons (Fsp3) is 0.385. The van der Waals surface area contributed by atoms with Gasteiger partial charge in [-0.15, -0.1) is 0 Å². The van der Waals surface area contributed by atoms with E-state index in [0.717, 1.165) is 12.2 Å². The quantitative estimate of drug-likeness (QED) is 0.880. The van der Waals surface area contributed by atoms with E-state index in [1.807, 2.05) is 6.07 Å². The van der Waals surface area contributed by atoms with Crippen LogP contribution < -0.4 is 0 Å².